The van der Waals surface area contributed by atoms with E-state index in [9.17, 15) is 9.90 Å². The molecule has 168 valence electrons. The van der Waals surface area contributed by atoms with E-state index >= 15 is 0 Å². The van der Waals surface area contributed by atoms with Crippen LogP contribution in [0.5, 0.6) is 0 Å². The molecule has 0 aromatic heterocycles. The Hall–Kier alpha value is -1.47. The molecule has 6 nitrogen and oxygen atoms in total. The molecule has 1 N–H and O–H groups in total. The van der Waals surface area contributed by atoms with Crippen LogP contribution in [0.15, 0.2) is 30.3 Å². The Morgan fingerprint density at radius 3 is 2.17 bits per heavy atom. The fourth-order valence-electron chi connectivity index (χ4n) is 4.99. The Kier molecular flexibility index (Phi) is 6.36. The minimum absolute atomic E-state index is 0.0829. The van der Waals surface area contributed by atoms with Crippen molar-refractivity contribution in [3.63, 3.8) is 0 Å². The van der Waals surface area contributed by atoms with Crippen LogP contribution < -0.4 is 0 Å². The lowest BCUT2D eigenvalue weighted by molar-refractivity contribution is -0.392. The molecule has 2 aliphatic rings. The number of hydroxylamine groups is 2. The lowest BCUT2D eigenvalue weighted by Crippen LogP contribution is -2.70. The SMILES string of the molecule is CCC1(CC)CC2(CC(C)(C)N1OC(C)c1ccccc1)OCC(C)(C(=O)O)CO2. The van der Waals surface area contributed by atoms with E-state index in [2.05, 4.69) is 51.8 Å². The van der Waals surface area contributed by atoms with Crippen molar-refractivity contribution in [2.75, 3.05) is 13.2 Å². The quantitative estimate of drug-likeness (QED) is 0.704. The first-order valence-electron chi connectivity index (χ1n) is 11.0. The predicted octanol–water partition coefficient (Wildman–Crippen LogP) is 4.95. The molecule has 0 amide bonds. The van der Waals surface area contributed by atoms with Crippen LogP contribution in [0.4, 0.5) is 0 Å². The van der Waals surface area contributed by atoms with Crippen molar-refractivity contribution in [2.45, 2.75) is 90.2 Å². The molecule has 1 aromatic carbocycles. The third-order valence-electron chi connectivity index (χ3n) is 6.95. The highest BCUT2D eigenvalue weighted by atomic mass is 16.7. The average molecular weight is 420 g/mol. The van der Waals surface area contributed by atoms with E-state index in [1.807, 2.05) is 18.2 Å². The average Bonchev–Trinajstić information content (AvgIpc) is 2.72. The molecule has 0 bridgehead atoms. The first kappa shape index (κ1) is 23.2. The molecule has 2 aliphatic heterocycles. The molecular formula is C24H37NO5. The van der Waals surface area contributed by atoms with E-state index in [1.165, 1.54) is 0 Å². The molecule has 1 aromatic rings. The summed E-state index contributed by atoms with van der Waals surface area (Å²) in [6, 6.07) is 10.2. The molecular weight excluding hydrogens is 382 g/mol. The number of aliphatic carboxylic acids is 1. The lowest BCUT2D eigenvalue weighted by atomic mass is 9.72. The minimum Gasteiger partial charge on any atom is -0.481 e. The van der Waals surface area contributed by atoms with Crippen LogP contribution in [0.1, 0.15) is 78.9 Å². The standard InChI is InChI=1S/C24H37NO5/c1-7-23(8-2)15-24(28-16-22(6,17-29-24)20(26)27)14-21(4,5)25(23)30-18(3)19-12-10-9-11-13-19/h9-13,18H,7-8,14-17H2,1-6H3,(H,26,27). The zero-order chi connectivity index (χ0) is 22.2. The van der Waals surface area contributed by atoms with Crippen LogP contribution in [0.3, 0.4) is 0 Å². The molecule has 2 heterocycles. The maximum absolute atomic E-state index is 11.6. The topological polar surface area (TPSA) is 68.2 Å². The fraction of sp³-hybridized carbons (Fsp3) is 0.708. The first-order chi connectivity index (χ1) is 14.0. The van der Waals surface area contributed by atoms with E-state index < -0.39 is 17.2 Å². The first-order valence-corrected chi connectivity index (χ1v) is 11.0. The highest BCUT2D eigenvalue weighted by Gasteiger charge is 2.60. The maximum atomic E-state index is 11.6. The summed E-state index contributed by atoms with van der Waals surface area (Å²) in [5.74, 6) is -1.67. The summed E-state index contributed by atoms with van der Waals surface area (Å²) in [4.78, 5) is 18.3. The summed E-state index contributed by atoms with van der Waals surface area (Å²) < 4.78 is 12.5. The van der Waals surface area contributed by atoms with Crippen molar-refractivity contribution >= 4 is 5.97 Å². The molecule has 3 rings (SSSR count). The van der Waals surface area contributed by atoms with E-state index in [-0.39, 0.29) is 30.4 Å². The van der Waals surface area contributed by atoms with Crippen LogP contribution in [0.2, 0.25) is 0 Å². The Bertz CT molecular complexity index is 735. The third kappa shape index (κ3) is 4.15. The monoisotopic (exact) mass is 419 g/mol. The minimum atomic E-state index is -1.01. The number of benzene rings is 1. The van der Waals surface area contributed by atoms with Crippen LogP contribution in [-0.4, -0.2) is 46.2 Å². The number of hydrogen-bond acceptors (Lipinski definition) is 5. The third-order valence-corrected chi connectivity index (χ3v) is 6.95. The van der Waals surface area contributed by atoms with Gasteiger partial charge in [0.1, 0.15) is 11.5 Å². The van der Waals surface area contributed by atoms with Crippen LogP contribution in [0, 0.1) is 5.41 Å². The zero-order valence-corrected chi connectivity index (χ0v) is 19.2. The van der Waals surface area contributed by atoms with Gasteiger partial charge in [0.25, 0.3) is 0 Å². The normalized spacial score (nSPS) is 32.1. The van der Waals surface area contributed by atoms with Crippen molar-refractivity contribution in [3.8, 4) is 0 Å². The fourth-order valence-corrected chi connectivity index (χ4v) is 4.99. The Morgan fingerprint density at radius 2 is 1.67 bits per heavy atom. The van der Waals surface area contributed by atoms with Gasteiger partial charge in [0.05, 0.1) is 18.8 Å². The van der Waals surface area contributed by atoms with E-state index in [4.69, 9.17) is 14.3 Å². The molecule has 0 aliphatic carbocycles. The second-order valence-corrected chi connectivity index (χ2v) is 9.90. The zero-order valence-electron chi connectivity index (χ0n) is 19.2. The van der Waals surface area contributed by atoms with E-state index in [0.717, 1.165) is 18.4 Å². The molecule has 1 spiro atoms. The van der Waals surface area contributed by atoms with Gasteiger partial charge in [0.2, 0.25) is 0 Å². The number of rotatable bonds is 6. The largest absolute Gasteiger partial charge is 0.481 e. The van der Waals surface area contributed by atoms with E-state index in [0.29, 0.717) is 12.8 Å². The van der Waals surface area contributed by atoms with Crippen molar-refractivity contribution in [2.24, 2.45) is 5.41 Å². The van der Waals surface area contributed by atoms with E-state index in [1.54, 1.807) is 6.92 Å². The Balaban J connectivity index is 1.87. The summed E-state index contributed by atoms with van der Waals surface area (Å²) in [5, 5.41) is 11.7. The molecule has 0 saturated carbocycles. The van der Waals surface area contributed by atoms with Crippen LogP contribution >= 0.6 is 0 Å². The summed E-state index contributed by atoms with van der Waals surface area (Å²) in [6.45, 7) is 12.7. The molecule has 1 atom stereocenters. The number of piperidine rings is 1. The molecule has 1 unspecified atom stereocenters. The van der Waals surface area contributed by atoms with Crippen molar-refractivity contribution in [3.05, 3.63) is 35.9 Å². The second-order valence-electron chi connectivity index (χ2n) is 9.90. The summed E-state index contributed by atoms with van der Waals surface area (Å²) in [5.41, 5.74) is -0.505. The van der Waals surface area contributed by atoms with Gasteiger partial charge in [-0.3, -0.25) is 9.63 Å². The molecule has 2 saturated heterocycles. The Labute approximate surface area is 180 Å². The number of carbonyl (C=O) groups is 1. The second kappa shape index (κ2) is 8.23. The highest BCUT2D eigenvalue weighted by molar-refractivity contribution is 5.74. The van der Waals surface area contributed by atoms with Gasteiger partial charge >= 0.3 is 5.97 Å². The maximum Gasteiger partial charge on any atom is 0.314 e. The molecule has 2 fully saturated rings. The number of nitrogens with zero attached hydrogens (tertiary/aromatic N) is 1. The molecule has 6 heteroatoms. The van der Waals surface area contributed by atoms with Gasteiger partial charge in [0.15, 0.2) is 5.79 Å². The number of carboxylic acid groups (broad SMARTS) is 1. The van der Waals surface area contributed by atoms with Gasteiger partial charge in [-0.25, -0.2) is 0 Å². The smallest absolute Gasteiger partial charge is 0.314 e. The van der Waals surface area contributed by atoms with Crippen LogP contribution in [0.25, 0.3) is 0 Å². The van der Waals surface area contributed by atoms with Crippen molar-refractivity contribution in [1.82, 2.24) is 5.06 Å². The van der Waals surface area contributed by atoms with Crippen LogP contribution in [-0.2, 0) is 19.1 Å². The van der Waals surface area contributed by atoms with Gasteiger partial charge in [0, 0.05) is 18.4 Å². The van der Waals surface area contributed by atoms with Crippen molar-refractivity contribution in [1.29, 1.82) is 0 Å². The summed E-state index contributed by atoms with van der Waals surface area (Å²) in [7, 11) is 0. The van der Waals surface area contributed by atoms with Gasteiger partial charge in [-0.1, -0.05) is 44.2 Å². The van der Waals surface area contributed by atoms with Crippen molar-refractivity contribution < 1.29 is 24.2 Å². The number of carboxylic acids is 1. The van der Waals surface area contributed by atoms with Gasteiger partial charge < -0.3 is 14.6 Å². The number of ether oxygens (including phenoxy) is 2. The van der Waals surface area contributed by atoms with Gasteiger partial charge in [-0.05, 0) is 46.1 Å². The summed E-state index contributed by atoms with van der Waals surface area (Å²) >= 11 is 0. The number of hydrogen-bond donors (Lipinski definition) is 1. The van der Waals surface area contributed by atoms with Gasteiger partial charge in [-0.2, -0.15) is 5.06 Å². The molecule has 0 radical (unpaired) electrons. The summed E-state index contributed by atoms with van der Waals surface area (Å²) in [6.07, 6.45) is 2.92. The van der Waals surface area contributed by atoms with Gasteiger partial charge in [-0.15, -0.1) is 0 Å². The predicted molar refractivity (Wildman–Crippen MR) is 115 cm³/mol. The highest BCUT2D eigenvalue weighted by Crippen LogP contribution is 2.52. The Morgan fingerprint density at radius 1 is 1.10 bits per heavy atom. The lowest BCUT2D eigenvalue weighted by Gasteiger charge is -2.61. The molecule has 30 heavy (non-hydrogen) atoms.